The number of anilines is 1. The zero-order chi connectivity index (χ0) is 20.4. The molecule has 1 amide bonds. The number of nitrogens with two attached hydrogens (primary N) is 1. The fraction of sp³-hybridized carbons (Fsp3) is 0.217. The fourth-order valence-electron chi connectivity index (χ4n) is 3.56. The molecule has 29 heavy (non-hydrogen) atoms. The minimum atomic E-state index is -0.0497. The summed E-state index contributed by atoms with van der Waals surface area (Å²) in [5.74, 6) is 0.476. The standard InChI is InChI=1S/C23H25N5O/c1-28(2)11-3-9-26-23(29)17-6-7-18-20(14-27-21(18)13-17)16-5-4-15-8-10-25-22(24)19(15)12-16/h4-8,10,12-14,27H,3,9,11H2,1-2H3,(H2,24,25)(H,26,29). The van der Waals surface area contributed by atoms with Gasteiger partial charge in [0.1, 0.15) is 5.82 Å². The molecule has 4 rings (SSSR count). The number of nitrogens with one attached hydrogen (secondary N) is 2. The van der Waals surface area contributed by atoms with Crippen molar-refractivity contribution in [2.75, 3.05) is 32.9 Å². The van der Waals surface area contributed by atoms with Gasteiger partial charge in [0, 0.05) is 46.4 Å². The first-order chi connectivity index (χ1) is 14.0. The number of H-pyrrole nitrogens is 1. The van der Waals surface area contributed by atoms with E-state index in [1.807, 2.05) is 44.6 Å². The predicted molar refractivity (Wildman–Crippen MR) is 119 cm³/mol. The van der Waals surface area contributed by atoms with Gasteiger partial charge in [0.05, 0.1) is 0 Å². The van der Waals surface area contributed by atoms with Crippen molar-refractivity contribution < 1.29 is 4.79 Å². The van der Waals surface area contributed by atoms with Gasteiger partial charge in [-0.05, 0) is 62.3 Å². The second kappa shape index (κ2) is 7.93. The van der Waals surface area contributed by atoms with Crippen LogP contribution < -0.4 is 11.1 Å². The molecular formula is C23H25N5O. The van der Waals surface area contributed by atoms with Crippen LogP contribution in [0.15, 0.2) is 54.9 Å². The second-order valence-electron chi connectivity index (χ2n) is 7.51. The van der Waals surface area contributed by atoms with Crippen LogP contribution in [0.25, 0.3) is 32.8 Å². The Labute approximate surface area is 169 Å². The average Bonchev–Trinajstić information content (AvgIpc) is 3.14. The quantitative estimate of drug-likeness (QED) is 0.441. The van der Waals surface area contributed by atoms with Gasteiger partial charge in [-0.15, -0.1) is 0 Å². The van der Waals surface area contributed by atoms with Crippen LogP contribution in [0, 0.1) is 0 Å². The molecule has 6 heteroatoms. The van der Waals surface area contributed by atoms with Crippen LogP contribution in [-0.4, -0.2) is 48.0 Å². The van der Waals surface area contributed by atoms with Crippen LogP contribution in [0.2, 0.25) is 0 Å². The van der Waals surface area contributed by atoms with E-state index in [1.165, 1.54) is 0 Å². The molecule has 0 aliphatic carbocycles. The summed E-state index contributed by atoms with van der Waals surface area (Å²) in [6.07, 6.45) is 4.61. The Hall–Kier alpha value is -3.38. The third kappa shape index (κ3) is 3.93. The normalized spacial score (nSPS) is 11.4. The molecule has 0 bridgehead atoms. The number of carbonyl (C=O) groups excluding carboxylic acids is 1. The van der Waals surface area contributed by atoms with Gasteiger partial charge in [-0.3, -0.25) is 4.79 Å². The van der Waals surface area contributed by atoms with Gasteiger partial charge in [-0.2, -0.15) is 0 Å². The highest BCUT2D eigenvalue weighted by Gasteiger charge is 2.11. The lowest BCUT2D eigenvalue weighted by Gasteiger charge is -2.10. The van der Waals surface area contributed by atoms with Gasteiger partial charge < -0.3 is 20.9 Å². The molecule has 0 atom stereocenters. The highest BCUT2D eigenvalue weighted by Crippen LogP contribution is 2.32. The number of rotatable bonds is 6. The first-order valence-electron chi connectivity index (χ1n) is 9.71. The SMILES string of the molecule is CN(C)CCCNC(=O)c1ccc2c(-c3ccc4ccnc(N)c4c3)c[nH]c2c1. The van der Waals surface area contributed by atoms with E-state index in [1.54, 1.807) is 6.20 Å². The molecule has 0 fully saturated rings. The highest BCUT2D eigenvalue weighted by molar-refractivity contribution is 6.03. The molecule has 6 nitrogen and oxygen atoms in total. The van der Waals surface area contributed by atoms with Gasteiger partial charge in [0.15, 0.2) is 0 Å². The molecule has 0 saturated heterocycles. The number of carbonyl (C=O) groups is 1. The average molecular weight is 387 g/mol. The first kappa shape index (κ1) is 19.0. The molecule has 0 radical (unpaired) electrons. The largest absolute Gasteiger partial charge is 0.383 e. The molecular weight excluding hydrogens is 362 g/mol. The Morgan fingerprint density at radius 3 is 2.83 bits per heavy atom. The minimum Gasteiger partial charge on any atom is -0.383 e. The lowest BCUT2D eigenvalue weighted by molar-refractivity contribution is 0.0952. The van der Waals surface area contributed by atoms with E-state index in [2.05, 4.69) is 38.4 Å². The Balaban J connectivity index is 1.59. The summed E-state index contributed by atoms with van der Waals surface area (Å²) in [5.41, 5.74) is 9.76. The second-order valence-corrected chi connectivity index (χ2v) is 7.51. The van der Waals surface area contributed by atoms with Gasteiger partial charge in [-0.25, -0.2) is 4.98 Å². The molecule has 0 spiro atoms. The summed E-state index contributed by atoms with van der Waals surface area (Å²) in [7, 11) is 4.05. The van der Waals surface area contributed by atoms with Gasteiger partial charge in [0.2, 0.25) is 0 Å². The Morgan fingerprint density at radius 2 is 2.00 bits per heavy atom. The number of pyridine rings is 1. The van der Waals surface area contributed by atoms with E-state index in [4.69, 9.17) is 5.73 Å². The van der Waals surface area contributed by atoms with E-state index >= 15 is 0 Å². The van der Waals surface area contributed by atoms with Crippen molar-refractivity contribution in [3.8, 4) is 11.1 Å². The van der Waals surface area contributed by atoms with Crippen molar-refractivity contribution >= 4 is 33.4 Å². The van der Waals surface area contributed by atoms with E-state index in [9.17, 15) is 4.79 Å². The van der Waals surface area contributed by atoms with Gasteiger partial charge in [-0.1, -0.05) is 18.2 Å². The Bertz CT molecular complexity index is 1180. The zero-order valence-corrected chi connectivity index (χ0v) is 16.7. The fourth-order valence-corrected chi connectivity index (χ4v) is 3.56. The molecule has 4 N–H and O–H groups in total. The molecule has 0 unspecified atom stereocenters. The number of benzene rings is 2. The van der Waals surface area contributed by atoms with Crippen LogP contribution >= 0.6 is 0 Å². The summed E-state index contributed by atoms with van der Waals surface area (Å²) in [5, 5.41) is 6.05. The maximum atomic E-state index is 12.4. The number of aromatic nitrogens is 2. The van der Waals surface area contributed by atoms with Crippen LogP contribution in [0.5, 0.6) is 0 Å². The highest BCUT2D eigenvalue weighted by atomic mass is 16.1. The molecule has 0 saturated carbocycles. The van der Waals surface area contributed by atoms with E-state index in [0.717, 1.165) is 45.8 Å². The predicted octanol–water partition coefficient (Wildman–Crippen LogP) is 3.65. The molecule has 2 aromatic heterocycles. The first-order valence-corrected chi connectivity index (χ1v) is 9.71. The number of hydrogen-bond acceptors (Lipinski definition) is 4. The zero-order valence-electron chi connectivity index (χ0n) is 16.7. The summed E-state index contributed by atoms with van der Waals surface area (Å²) in [4.78, 5) is 22.0. The lowest BCUT2D eigenvalue weighted by Crippen LogP contribution is -2.27. The minimum absolute atomic E-state index is 0.0497. The summed E-state index contributed by atoms with van der Waals surface area (Å²) < 4.78 is 0. The molecule has 148 valence electrons. The third-order valence-corrected chi connectivity index (χ3v) is 5.12. The van der Waals surface area contributed by atoms with Gasteiger partial charge in [0.25, 0.3) is 5.91 Å². The molecule has 2 heterocycles. The van der Waals surface area contributed by atoms with Crippen molar-refractivity contribution in [2.24, 2.45) is 0 Å². The summed E-state index contributed by atoms with van der Waals surface area (Å²) in [6, 6.07) is 13.9. The smallest absolute Gasteiger partial charge is 0.251 e. The van der Waals surface area contributed by atoms with Crippen LogP contribution in [-0.2, 0) is 0 Å². The maximum absolute atomic E-state index is 12.4. The Morgan fingerprint density at radius 1 is 1.14 bits per heavy atom. The van der Waals surface area contributed by atoms with E-state index in [0.29, 0.717) is 17.9 Å². The molecule has 0 aliphatic heterocycles. The number of aromatic amines is 1. The molecule has 4 aromatic rings. The summed E-state index contributed by atoms with van der Waals surface area (Å²) in [6.45, 7) is 1.61. The third-order valence-electron chi connectivity index (χ3n) is 5.12. The van der Waals surface area contributed by atoms with E-state index < -0.39 is 0 Å². The van der Waals surface area contributed by atoms with Crippen molar-refractivity contribution in [2.45, 2.75) is 6.42 Å². The topological polar surface area (TPSA) is 87.0 Å². The monoisotopic (exact) mass is 387 g/mol. The number of amides is 1. The van der Waals surface area contributed by atoms with E-state index in [-0.39, 0.29) is 5.91 Å². The Kier molecular flexibility index (Phi) is 5.18. The van der Waals surface area contributed by atoms with Gasteiger partial charge >= 0.3 is 0 Å². The number of hydrogen-bond donors (Lipinski definition) is 3. The van der Waals surface area contributed by atoms with Crippen molar-refractivity contribution in [1.29, 1.82) is 0 Å². The number of nitrogen functional groups attached to an aromatic ring is 1. The van der Waals surface area contributed by atoms with Crippen LogP contribution in [0.3, 0.4) is 0 Å². The lowest BCUT2D eigenvalue weighted by atomic mass is 10.0. The number of fused-ring (bicyclic) bond motifs is 2. The van der Waals surface area contributed by atoms with Crippen LogP contribution in [0.1, 0.15) is 16.8 Å². The summed E-state index contributed by atoms with van der Waals surface area (Å²) >= 11 is 0. The van der Waals surface area contributed by atoms with Crippen LogP contribution in [0.4, 0.5) is 5.82 Å². The van der Waals surface area contributed by atoms with Crippen molar-refractivity contribution in [1.82, 2.24) is 20.2 Å². The van der Waals surface area contributed by atoms with Crippen molar-refractivity contribution in [3.63, 3.8) is 0 Å². The number of nitrogens with zero attached hydrogens (tertiary/aromatic N) is 2. The molecule has 2 aromatic carbocycles. The van der Waals surface area contributed by atoms with Crippen molar-refractivity contribution in [3.05, 3.63) is 60.4 Å². The maximum Gasteiger partial charge on any atom is 0.251 e. The molecule has 0 aliphatic rings.